The number of para-hydroxylation sites is 1. The molecule has 0 saturated carbocycles. The average Bonchev–Trinajstić information content (AvgIpc) is 3.20. The van der Waals surface area contributed by atoms with Crippen LogP contribution in [0.15, 0.2) is 70.3 Å². The van der Waals surface area contributed by atoms with Crippen LogP contribution in [0.25, 0.3) is 0 Å². The van der Waals surface area contributed by atoms with E-state index in [-0.39, 0.29) is 12.5 Å². The van der Waals surface area contributed by atoms with Gasteiger partial charge in [0.05, 0.1) is 17.3 Å². The van der Waals surface area contributed by atoms with Gasteiger partial charge in [0, 0.05) is 10.6 Å². The standard InChI is InChI=1S/C20H16N2O2S2/c21-11-15-5-7-17(8-6-15)24-12-20(23)22-18-3-1-2-4-19(18)26-14-16-9-10-25-13-16/h1-10,13H,12,14H2,(H,22,23). The monoisotopic (exact) mass is 380 g/mol. The Kier molecular flexibility index (Phi) is 6.31. The average molecular weight is 380 g/mol. The summed E-state index contributed by atoms with van der Waals surface area (Å²) in [5.41, 5.74) is 2.60. The topological polar surface area (TPSA) is 62.1 Å². The molecule has 130 valence electrons. The van der Waals surface area contributed by atoms with Crippen molar-refractivity contribution in [2.75, 3.05) is 11.9 Å². The molecule has 0 aliphatic carbocycles. The molecule has 0 bridgehead atoms. The first-order chi connectivity index (χ1) is 12.7. The van der Waals surface area contributed by atoms with E-state index in [0.29, 0.717) is 11.3 Å². The van der Waals surface area contributed by atoms with Crippen LogP contribution in [0.3, 0.4) is 0 Å². The van der Waals surface area contributed by atoms with Crippen LogP contribution in [-0.2, 0) is 10.5 Å². The summed E-state index contributed by atoms with van der Waals surface area (Å²) in [7, 11) is 0. The smallest absolute Gasteiger partial charge is 0.262 e. The number of rotatable bonds is 7. The molecule has 1 aromatic heterocycles. The minimum absolute atomic E-state index is 0.0879. The Hall–Kier alpha value is -2.75. The summed E-state index contributed by atoms with van der Waals surface area (Å²) in [6.45, 7) is -0.0879. The SMILES string of the molecule is N#Cc1ccc(OCC(=O)Nc2ccccc2SCc2ccsc2)cc1. The highest BCUT2D eigenvalue weighted by atomic mass is 32.2. The minimum Gasteiger partial charge on any atom is -0.484 e. The van der Waals surface area contributed by atoms with Gasteiger partial charge in [-0.25, -0.2) is 0 Å². The molecule has 0 radical (unpaired) electrons. The summed E-state index contributed by atoms with van der Waals surface area (Å²) >= 11 is 3.36. The van der Waals surface area contributed by atoms with Gasteiger partial charge in [0.2, 0.25) is 0 Å². The molecule has 26 heavy (non-hydrogen) atoms. The van der Waals surface area contributed by atoms with Gasteiger partial charge in [0.25, 0.3) is 5.91 Å². The molecule has 1 heterocycles. The zero-order valence-electron chi connectivity index (χ0n) is 13.8. The van der Waals surface area contributed by atoms with Crippen molar-refractivity contribution in [2.45, 2.75) is 10.6 Å². The molecule has 0 aliphatic heterocycles. The predicted molar refractivity (Wildman–Crippen MR) is 106 cm³/mol. The zero-order valence-corrected chi connectivity index (χ0v) is 15.5. The van der Waals surface area contributed by atoms with Crippen LogP contribution >= 0.6 is 23.1 Å². The molecule has 0 unspecified atom stereocenters. The minimum atomic E-state index is -0.224. The fourth-order valence-corrected chi connectivity index (χ4v) is 3.92. The summed E-state index contributed by atoms with van der Waals surface area (Å²) < 4.78 is 5.47. The van der Waals surface area contributed by atoms with Crippen molar-refractivity contribution in [3.8, 4) is 11.8 Å². The third-order valence-corrected chi connectivity index (χ3v) is 5.37. The third kappa shape index (κ3) is 5.12. The lowest BCUT2D eigenvalue weighted by Gasteiger charge is -2.11. The first-order valence-electron chi connectivity index (χ1n) is 7.90. The number of hydrogen-bond acceptors (Lipinski definition) is 5. The lowest BCUT2D eigenvalue weighted by atomic mass is 10.2. The Bertz CT molecular complexity index is 900. The number of hydrogen-bond donors (Lipinski definition) is 1. The highest BCUT2D eigenvalue weighted by Gasteiger charge is 2.08. The molecular weight excluding hydrogens is 364 g/mol. The Morgan fingerprint density at radius 1 is 1.15 bits per heavy atom. The van der Waals surface area contributed by atoms with E-state index in [1.54, 1.807) is 47.4 Å². The van der Waals surface area contributed by atoms with Gasteiger partial charge in [0.15, 0.2) is 6.61 Å². The number of amides is 1. The van der Waals surface area contributed by atoms with E-state index in [1.165, 1.54) is 5.56 Å². The van der Waals surface area contributed by atoms with Gasteiger partial charge in [-0.15, -0.1) is 11.8 Å². The number of anilines is 1. The fourth-order valence-electron chi connectivity index (χ4n) is 2.19. The van der Waals surface area contributed by atoms with Crippen molar-refractivity contribution in [3.63, 3.8) is 0 Å². The molecule has 6 heteroatoms. The van der Waals surface area contributed by atoms with Crippen LogP contribution in [-0.4, -0.2) is 12.5 Å². The Morgan fingerprint density at radius 2 is 1.96 bits per heavy atom. The van der Waals surface area contributed by atoms with Crippen molar-refractivity contribution in [1.29, 1.82) is 5.26 Å². The number of carbonyl (C=O) groups excluding carboxylic acids is 1. The van der Waals surface area contributed by atoms with E-state index >= 15 is 0 Å². The number of nitriles is 1. The van der Waals surface area contributed by atoms with Gasteiger partial charge in [-0.2, -0.15) is 16.6 Å². The maximum absolute atomic E-state index is 12.2. The van der Waals surface area contributed by atoms with Crippen molar-refractivity contribution < 1.29 is 9.53 Å². The lowest BCUT2D eigenvalue weighted by molar-refractivity contribution is -0.118. The second-order valence-electron chi connectivity index (χ2n) is 5.39. The molecule has 3 aromatic rings. The molecule has 0 fully saturated rings. The van der Waals surface area contributed by atoms with E-state index in [2.05, 4.69) is 22.1 Å². The van der Waals surface area contributed by atoms with Gasteiger partial charge in [-0.1, -0.05) is 12.1 Å². The molecule has 0 atom stereocenters. The number of thioether (sulfide) groups is 1. The summed E-state index contributed by atoms with van der Waals surface area (Å²) in [6, 6.07) is 18.5. The summed E-state index contributed by atoms with van der Waals surface area (Å²) in [5.74, 6) is 1.19. The molecule has 2 aromatic carbocycles. The molecule has 4 nitrogen and oxygen atoms in total. The highest BCUT2D eigenvalue weighted by Crippen LogP contribution is 2.30. The normalized spacial score (nSPS) is 10.1. The van der Waals surface area contributed by atoms with Crippen LogP contribution in [0.2, 0.25) is 0 Å². The summed E-state index contributed by atoms with van der Waals surface area (Å²) in [6.07, 6.45) is 0. The van der Waals surface area contributed by atoms with E-state index in [0.717, 1.165) is 16.3 Å². The Labute approximate surface area is 160 Å². The number of ether oxygens (including phenoxy) is 1. The third-order valence-electron chi connectivity index (χ3n) is 3.49. The van der Waals surface area contributed by atoms with Crippen LogP contribution in [0, 0.1) is 11.3 Å². The van der Waals surface area contributed by atoms with Crippen molar-refractivity contribution >= 4 is 34.7 Å². The van der Waals surface area contributed by atoms with Crippen molar-refractivity contribution in [1.82, 2.24) is 0 Å². The van der Waals surface area contributed by atoms with Gasteiger partial charge in [-0.05, 0) is 58.8 Å². The largest absolute Gasteiger partial charge is 0.484 e. The van der Waals surface area contributed by atoms with E-state index in [9.17, 15) is 4.79 Å². The second-order valence-corrected chi connectivity index (χ2v) is 7.19. The molecular formula is C20H16N2O2S2. The van der Waals surface area contributed by atoms with Gasteiger partial charge in [-0.3, -0.25) is 4.79 Å². The first-order valence-corrected chi connectivity index (χ1v) is 9.83. The number of thiophene rings is 1. The number of carbonyl (C=O) groups is 1. The summed E-state index contributed by atoms with van der Waals surface area (Å²) in [5, 5.41) is 15.9. The number of benzene rings is 2. The number of nitrogens with one attached hydrogen (secondary N) is 1. The van der Waals surface area contributed by atoms with Crippen LogP contribution in [0.1, 0.15) is 11.1 Å². The second kappa shape index (κ2) is 9.09. The molecule has 0 saturated heterocycles. The van der Waals surface area contributed by atoms with Gasteiger partial charge in [0.1, 0.15) is 5.75 Å². The first kappa shape index (κ1) is 18.1. The highest BCUT2D eigenvalue weighted by molar-refractivity contribution is 7.98. The van der Waals surface area contributed by atoms with Crippen molar-refractivity contribution in [2.24, 2.45) is 0 Å². The van der Waals surface area contributed by atoms with Gasteiger partial charge < -0.3 is 10.1 Å². The fraction of sp³-hybridized carbons (Fsp3) is 0.100. The molecule has 1 amide bonds. The lowest BCUT2D eigenvalue weighted by Crippen LogP contribution is -2.20. The maximum Gasteiger partial charge on any atom is 0.262 e. The van der Waals surface area contributed by atoms with Crippen LogP contribution in [0.5, 0.6) is 5.75 Å². The van der Waals surface area contributed by atoms with Crippen LogP contribution in [0.4, 0.5) is 5.69 Å². The van der Waals surface area contributed by atoms with Gasteiger partial charge >= 0.3 is 0 Å². The quantitative estimate of drug-likeness (QED) is 0.590. The van der Waals surface area contributed by atoms with E-state index in [1.807, 2.05) is 30.3 Å². The van der Waals surface area contributed by atoms with Crippen molar-refractivity contribution in [3.05, 3.63) is 76.5 Å². The molecule has 0 aliphatic rings. The number of nitrogens with zero attached hydrogens (tertiary/aromatic N) is 1. The van der Waals surface area contributed by atoms with Crippen LogP contribution < -0.4 is 10.1 Å². The molecule has 1 N–H and O–H groups in total. The Morgan fingerprint density at radius 3 is 2.69 bits per heavy atom. The van der Waals surface area contributed by atoms with E-state index in [4.69, 9.17) is 10.00 Å². The van der Waals surface area contributed by atoms with E-state index < -0.39 is 0 Å². The zero-order chi connectivity index (χ0) is 18.2. The Balaban J connectivity index is 1.55. The maximum atomic E-state index is 12.2. The predicted octanol–water partition coefficient (Wildman–Crippen LogP) is 4.93. The summed E-state index contributed by atoms with van der Waals surface area (Å²) in [4.78, 5) is 13.2. The molecule has 0 spiro atoms. The molecule has 3 rings (SSSR count).